The molecule has 1 saturated heterocycles. The number of rotatable bonds is 5. The average molecular weight is 358 g/mol. The van der Waals surface area contributed by atoms with Crippen LogP contribution in [0, 0.1) is 5.92 Å². The number of amides is 2. The van der Waals surface area contributed by atoms with Crippen molar-refractivity contribution in [3.63, 3.8) is 0 Å². The third-order valence-corrected chi connectivity index (χ3v) is 6.04. The molecule has 6 heteroatoms. The molecule has 1 aliphatic carbocycles. The smallest absolute Gasteiger partial charge is 0.246 e. The van der Waals surface area contributed by atoms with Crippen LogP contribution < -0.4 is 14.8 Å². The van der Waals surface area contributed by atoms with Gasteiger partial charge < -0.3 is 19.7 Å². The van der Waals surface area contributed by atoms with E-state index >= 15 is 0 Å². The van der Waals surface area contributed by atoms with Crippen LogP contribution in [0.1, 0.15) is 51.0 Å². The molecule has 4 rings (SSSR count). The van der Waals surface area contributed by atoms with Crippen LogP contribution in [0.4, 0.5) is 0 Å². The molecule has 0 radical (unpaired) electrons. The minimum absolute atomic E-state index is 0.0822. The molecule has 1 aromatic rings. The summed E-state index contributed by atoms with van der Waals surface area (Å²) in [5.41, 5.74) is 0.237. The van der Waals surface area contributed by atoms with Crippen molar-refractivity contribution >= 4 is 11.8 Å². The Morgan fingerprint density at radius 1 is 1.23 bits per heavy atom. The van der Waals surface area contributed by atoms with Crippen molar-refractivity contribution in [2.45, 2.75) is 57.5 Å². The van der Waals surface area contributed by atoms with E-state index in [0.29, 0.717) is 31.2 Å². The molecule has 2 fully saturated rings. The minimum Gasteiger partial charge on any atom is -0.454 e. The molecule has 6 nitrogen and oxygen atoms in total. The van der Waals surface area contributed by atoms with E-state index in [0.717, 1.165) is 30.6 Å². The molecular formula is C20H26N2O4. The van der Waals surface area contributed by atoms with Gasteiger partial charge in [0.05, 0.1) is 0 Å². The number of nitrogens with zero attached hydrogens (tertiary/aromatic N) is 1. The van der Waals surface area contributed by atoms with E-state index in [1.807, 2.05) is 25.1 Å². The van der Waals surface area contributed by atoms with Crippen molar-refractivity contribution in [3.05, 3.63) is 23.8 Å². The van der Waals surface area contributed by atoms with Gasteiger partial charge in [-0.25, -0.2) is 0 Å². The minimum atomic E-state index is -0.716. The molecule has 0 spiro atoms. The lowest BCUT2D eigenvalue weighted by molar-refractivity contribution is -0.158. The molecule has 0 bridgehead atoms. The van der Waals surface area contributed by atoms with Gasteiger partial charge in [-0.05, 0) is 49.8 Å². The normalized spacial score (nSPS) is 24.4. The molecule has 3 aliphatic rings. The largest absolute Gasteiger partial charge is 0.454 e. The summed E-state index contributed by atoms with van der Waals surface area (Å²) in [4.78, 5) is 27.1. The number of hydrogen-bond acceptors (Lipinski definition) is 4. The van der Waals surface area contributed by atoms with Gasteiger partial charge >= 0.3 is 0 Å². The van der Waals surface area contributed by atoms with E-state index in [1.54, 1.807) is 4.90 Å². The maximum Gasteiger partial charge on any atom is 0.246 e. The summed E-state index contributed by atoms with van der Waals surface area (Å²) >= 11 is 0. The fraction of sp³-hybridized carbons (Fsp3) is 0.600. The average Bonchev–Trinajstić information content (AvgIpc) is 3.28. The van der Waals surface area contributed by atoms with Crippen LogP contribution >= 0.6 is 0 Å². The molecular weight excluding hydrogens is 332 g/mol. The first kappa shape index (κ1) is 17.2. The van der Waals surface area contributed by atoms with Crippen LogP contribution in [-0.4, -0.2) is 35.6 Å². The summed E-state index contributed by atoms with van der Waals surface area (Å²) in [5, 5.41) is 2.98. The van der Waals surface area contributed by atoms with Crippen molar-refractivity contribution in [1.82, 2.24) is 10.2 Å². The molecule has 0 aromatic heterocycles. The quantitative estimate of drug-likeness (QED) is 0.879. The maximum absolute atomic E-state index is 12.7. The van der Waals surface area contributed by atoms with Crippen molar-refractivity contribution in [3.8, 4) is 11.5 Å². The van der Waals surface area contributed by atoms with Gasteiger partial charge in [-0.1, -0.05) is 18.9 Å². The second kappa shape index (κ2) is 6.82. The van der Waals surface area contributed by atoms with Crippen LogP contribution in [0.2, 0.25) is 0 Å². The van der Waals surface area contributed by atoms with Gasteiger partial charge in [0.25, 0.3) is 0 Å². The van der Waals surface area contributed by atoms with Gasteiger partial charge in [0.1, 0.15) is 5.54 Å². The zero-order chi connectivity index (χ0) is 18.1. The Balaban J connectivity index is 1.33. The fourth-order valence-corrected chi connectivity index (χ4v) is 4.19. The number of nitrogens with one attached hydrogen (secondary N) is 1. The lowest BCUT2D eigenvalue weighted by Crippen LogP contribution is -2.67. The third-order valence-electron chi connectivity index (χ3n) is 6.04. The Kier molecular flexibility index (Phi) is 4.51. The molecule has 1 N–H and O–H groups in total. The Morgan fingerprint density at radius 2 is 2.00 bits per heavy atom. The number of carbonyl (C=O) groups excluding carboxylic acids is 2. The van der Waals surface area contributed by atoms with Crippen LogP contribution in [0.3, 0.4) is 0 Å². The van der Waals surface area contributed by atoms with E-state index in [2.05, 4.69) is 5.32 Å². The predicted octanol–water partition coefficient (Wildman–Crippen LogP) is 2.60. The highest BCUT2D eigenvalue weighted by atomic mass is 16.7. The summed E-state index contributed by atoms with van der Waals surface area (Å²) in [6, 6.07) is 5.65. The first-order valence-corrected chi connectivity index (χ1v) is 9.53. The Bertz CT molecular complexity index is 714. The summed E-state index contributed by atoms with van der Waals surface area (Å²) in [5.74, 6) is 1.99. The van der Waals surface area contributed by atoms with Gasteiger partial charge in [0, 0.05) is 19.5 Å². The van der Waals surface area contributed by atoms with Crippen molar-refractivity contribution in [1.29, 1.82) is 0 Å². The zero-order valence-corrected chi connectivity index (χ0v) is 15.3. The Morgan fingerprint density at radius 3 is 2.73 bits per heavy atom. The van der Waals surface area contributed by atoms with Gasteiger partial charge in [-0.2, -0.15) is 0 Å². The van der Waals surface area contributed by atoms with Gasteiger partial charge in [0.2, 0.25) is 18.6 Å². The molecule has 140 valence electrons. The monoisotopic (exact) mass is 358 g/mol. The lowest BCUT2D eigenvalue weighted by Gasteiger charge is -2.49. The van der Waals surface area contributed by atoms with Gasteiger partial charge in [-0.3, -0.25) is 9.59 Å². The molecule has 1 atom stereocenters. The summed E-state index contributed by atoms with van der Waals surface area (Å²) < 4.78 is 10.7. The van der Waals surface area contributed by atoms with E-state index in [-0.39, 0.29) is 18.6 Å². The fourth-order valence-electron chi connectivity index (χ4n) is 4.19. The predicted molar refractivity (Wildman–Crippen MR) is 95.7 cm³/mol. The maximum atomic E-state index is 12.7. The first-order valence-electron chi connectivity index (χ1n) is 9.53. The molecule has 1 saturated carbocycles. The lowest BCUT2D eigenvalue weighted by atomic mass is 9.84. The molecule has 1 unspecified atom stereocenters. The Hall–Kier alpha value is -2.24. The highest BCUT2D eigenvalue weighted by molar-refractivity contribution is 5.92. The SMILES string of the molecule is CC1(C(=O)NCc2ccc3c(c2)OCO3)CCN1C(=O)CC1CCCC1. The van der Waals surface area contributed by atoms with Gasteiger partial charge in [0.15, 0.2) is 11.5 Å². The van der Waals surface area contributed by atoms with E-state index in [9.17, 15) is 9.59 Å². The second-order valence-electron chi connectivity index (χ2n) is 7.79. The van der Waals surface area contributed by atoms with Crippen LogP contribution in [0.25, 0.3) is 0 Å². The molecule has 2 aliphatic heterocycles. The topological polar surface area (TPSA) is 67.9 Å². The van der Waals surface area contributed by atoms with Crippen LogP contribution in [-0.2, 0) is 16.1 Å². The number of benzene rings is 1. The van der Waals surface area contributed by atoms with Crippen molar-refractivity contribution in [2.75, 3.05) is 13.3 Å². The summed E-state index contributed by atoms with van der Waals surface area (Å²) in [7, 11) is 0. The van der Waals surface area contributed by atoms with E-state index < -0.39 is 5.54 Å². The molecule has 1 aromatic carbocycles. The Labute approximate surface area is 153 Å². The number of fused-ring (bicyclic) bond motifs is 1. The van der Waals surface area contributed by atoms with Crippen LogP contribution in [0.5, 0.6) is 11.5 Å². The standard InChI is InChI=1S/C20H26N2O4/c1-20(8-9-22(20)18(23)11-14-4-2-3-5-14)19(24)21-12-15-6-7-16-17(10-15)26-13-25-16/h6-7,10,14H,2-5,8-9,11-13H2,1H3,(H,21,24). The molecule has 2 heterocycles. The summed E-state index contributed by atoms with van der Waals surface area (Å²) in [6.07, 6.45) is 6.05. The van der Waals surface area contributed by atoms with Crippen molar-refractivity contribution in [2.24, 2.45) is 5.92 Å². The first-order chi connectivity index (χ1) is 12.6. The summed E-state index contributed by atoms with van der Waals surface area (Å²) in [6.45, 7) is 3.20. The van der Waals surface area contributed by atoms with E-state index in [4.69, 9.17) is 9.47 Å². The van der Waals surface area contributed by atoms with E-state index in [1.165, 1.54) is 12.8 Å². The highest BCUT2D eigenvalue weighted by Gasteiger charge is 2.49. The van der Waals surface area contributed by atoms with Gasteiger partial charge in [-0.15, -0.1) is 0 Å². The van der Waals surface area contributed by atoms with Crippen LogP contribution in [0.15, 0.2) is 18.2 Å². The zero-order valence-electron chi connectivity index (χ0n) is 15.3. The molecule has 26 heavy (non-hydrogen) atoms. The number of carbonyl (C=O) groups is 2. The molecule has 2 amide bonds. The number of ether oxygens (including phenoxy) is 2. The number of likely N-dealkylation sites (tertiary alicyclic amines) is 1. The highest BCUT2D eigenvalue weighted by Crippen LogP contribution is 2.35. The third kappa shape index (κ3) is 3.13. The second-order valence-corrected chi connectivity index (χ2v) is 7.79. The van der Waals surface area contributed by atoms with Crippen molar-refractivity contribution < 1.29 is 19.1 Å². The number of hydrogen-bond donors (Lipinski definition) is 1.